The Morgan fingerprint density at radius 3 is 2.31 bits per heavy atom. The number of hydrogen-bond donors (Lipinski definition) is 0. The van der Waals surface area contributed by atoms with Gasteiger partial charge >= 0.3 is 5.97 Å². The van der Waals surface area contributed by atoms with E-state index < -0.39 is 5.97 Å². The standard InChI is InChI=1S/C28H27NO6/c1-29(2)27(31)19-34-24-9-6-8-23(17-24)25(30)16-15-21-7-4-5-10-26(21)35-18-20-11-13-22(14-12-20)28(32)33-3/h4-17H,18-19H2,1-3H3/b16-15+. The molecule has 1 amide bonds. The molecule has 0 saturated heterocycles. The van der Waals surface area contributed by atoms with Crippen LogP contribution in [0.3, 0.4) is 0 Å². The number of carbonyl (C=O) groups excluding carboxylic acids is 3. The Kier molecular flexibility index (Phi) is 8.78. The molecular formula is C28H27NO6. The highest BCUT2D eigenvalue weighted by molar-refractivity contribution is 6.07. The highest BCUT2D eigenvalue weighted by atomic mass is 16.5. The van der Waals surface area contributed by atoms with Gasteiger partial charge in [-0.15, -0.1) is 0 Å². The van der Waals surface area contributed by atoms with Gasteiger partial charge in [-0.25, -0.2) is 4.79 Å². The van der Waals surface area contributed by atoms with E-state index in [1.165, 1.54) is 18.1 Å². The van der Waals surface area contributed by atoms with Crippen molar-refractivity contribution in [1.82, 2.24) is 4.90 Å². The Morgan fingerprint density at radius 1 is 0.857 bits per heavy atom. The van der Waals surface area contributed by atoms with Gasteiger partial charge in [-0.05, 0) is 48.0 Å². The lowest BCUT2D eigenvalue weighted by molar-refractivity contribution is -0.130. The van der Waals surface area contributed by atoms with Gasteiger partial charge in [-0.2, -0.15) is 0 Å². The minimum atomic E-state index is -0.392. The van der Waals surface area contributed by atoms with E-state index >= 15 is 0 Å². The first kappa shape index (κ1) is 25.2. The number of hydrogen-bond acceptors (Lipinski definition) is 6. The first-order chi connectivity index (χ1) is 16.9. The summed E-state index contributed by atoms with van der Waals surface area (Å²) < 4.78 is 16.1. The zero-order chi connectivity index (χ0) is 25.2. The average Bonchev–Trinajstić information content (AvgIpc) is 2.89. The first-order valence-corrected chi connectivity index (χ1v) is 10.9. The van der Waals surface area contributed by atoms with E-state index in [0.717, 1.165) is 11.1 Å². The summed E-state index contributed by atoms with van der Waals surface area (Å²) in [6.07, 6.45) is 3.17. The van der Waals surface area contributed by atoms with Crippen LogP contribution in [0.1, 0.15) is 31.8 Å². The topological polar surface area (TPSA) is 82.1 Å². The second-order valence-corrected chi connectivity index (χ2v) is 7.82. The molecule has 0 aliphatic heterocycles. The van der Waals surface area contributed by atoms with Crippen LogP contribution in [0, 0.1) is 0 Å². The number of carbonyl (C=O) groups is 3. The highest BCUT2D eigenvalue weighted by Crippen LogP contribution is 2.22. The first-order valence-electron chi connectivity index (χ1n) is 10.9. The summed E-state index contributed by atoms with van der Waals surface area (Å²) in [6.45, 7) is 0.196. The van der Waals surface area contributed by atoms with Crippen molar-refractivity contribution < 1.29 is 28.6 Å². The number of rotatable bonds is 10. The van der Waals surface area contributed by atoms with Crippen molar-refractivity contribution in [2.75, 3.05) is 27.8 Å². The van der Waals surface area contributed by atoms with Crippen molar-refractivity contribution in [2.24, 2.45) is 0 Å². The van der Waals surface area contributed by atoms with Crippen LogP contribution in [0.4, 0.5) is 0 Å². The third-order valence-corrected chi connectivity index (χ3v) is 5.08. The van der Waals surface area contributed by atoms with Crippen LogP contribution >= 0.6 is 0 Å². The Balaban J connectivity index is 1.64. The summed E-state index contributed by atoms with van der Waals surface area (Å²) >= 11 is 0. The molecule has 0 heterocycles. The molecule has 0 aliphatic rings. The van der Waals surface area contributed by atoms with Gasteiger partial charge in [0, 0.05) is 25.2 Å². The molecule has 35 heavy (non-hydrogen) atoms. The Hall–Kier alpha value is -4.39. The maximum absolute atomic E-state index is 12.7. The van der Waals surface area contributed by atoms with Gasteiger partial charge in [0.2, 0.25) is 0 Å². The minimum Gasteiger partial charge on any atom is -0.488 e. The molecule has 0 spiro atoms. The number of methoxy groups -OCH3 is 1. The number of amides is 1. The van der Waals surface area contributed by atoms with Crippen molar-refractivity contribution >= 4 is 23.7 Å². The molecule has 0 fully saturated rings. The van der Waals surface area contributed by atoms with E-state index in [1.807, 2.05) is 24.3 Å². The summed E-state index contributed by atoms with van der Waals surface area (Å²) in [4.78, 5) is 37.4. The predicted octanol–water partition coefficient (Wildman–Crippen LogP) is 4.42. The Bertz CT molecular complexity index is 1210. The Morgan fingerprint density at radius 2 is 1.60 bits per heavy atom. The van der Waals surface area contributed by atoms with Crippen LogP contribution in [0.25, 0.3) is 6.08 Å². The number of likely N-dealkylation sites (N-methyl/N-ethyl adjacent to an activating group) is 1. The third kappa shape index (κ3) is 7.30. The number of ketones is 1. The Labute approximate surface area is 204 Å². The molecule has 7 nitrogen and oxygen atoms in total. The largest absolute Gasteiger partial charge is 0.488 e. The van der Waals surface area contributed by atoms with Crippen LogP contribution in [0.2, 0.25) is 0 Å². The molecule has 3 aromatic carbocycles. The summed E-state index contributed by atoms with van der Waals surface area (Å²) in [5.74, 6) is 0.297. The van der Waals surface area contributed by atoms with E-state index in [2.05, 4.69) is 0 Å². The van der Waals surface area contributed by atoms with E-state index in [9.17, 15) is 14.4 Å². The van der Waals surface area contributed by atoms with E-state index in [4.69, 9.17) is 14.2 Å². The third-order valence-electron chi connectivity index (χ3n) is 5.08. The van der Waals surface area contributed by atoms with Gasteiger partial charge in [-0.3, -0.25) is 9.59 Å². The molecular weight excluding hydrogens is 446 g/mol. The quantitative estimate of drug-likeness (QED) is 0.246. The van der Waals surface area contributed by atoms with Gasteiger partial charge in [0.05, 0.1) is 12.7 Å². The molecule has 3 rings (SSSR count). The molecule has 0 bridgehead atoms. The van der Waals surface area contributed by atoms with Gasteiger partial charge in [0.1, 0.15) is 18.1 Å². The average molecular weight is 474 g/mol. The number of allylic oxidation sites excluding steroid dienone is 1. The van der Waals surface area contributed by atoms with Crippen molar-refractivity contribution in [2.45, 2.75) is 6.61 Å². The fraction of sp³-hybridized carbons (Fsp3) is 0.179. The fourth-order valence-corrected chi connectivity index (χ4v) is 3.04. The number of para-hydroxylation sites is 1. The number of nitrogens with zero attached hydrogens (tertiary/aromatic N) is 1. The summed E-state index contributed by atoms with van der Waals surface area (Å²) in [6, 6.07) is 21.1. The smallest absolute Gasteiger partial charge is 0.337 e. The SMILES string of the molecule is COC(=O)c1ccc(COc2ccccc2/C=C/C(=O)c2cccc(OCC(=O)N(C)C)c2)cc1. The molecule has 7 heteroatoms. The van der Waals surface area contributed by atoms with Gasteiger partial charge in [0.15, 0.2) is 12.4 Å². The maximum Gasteiger partial charge on any atom is 0.337 e. The van der Waals surface area contributed by atoms with E-state index in [0.29, 0.717) is 29.2 Å². The van der Waals surface area contributed by atoms with Crippen LogP contribution in [0.5, 0.6) is 11.5 Å². The summed E-state index contributed by atoms with van der Waals surface area (Å²) in [5, 5.41) is 0. The van der Waals surface area contributed by atoms with Gasteiger partial charge < -0.3 is 19.1 Å². The molecule has 0 unspecified atom stereocenters. The molecule has 0 radical (unpaired) electrons. The number of ether oxygens (including phenoxy) is 3. The summed E-state index contributed by atoms with van der Waals surface area (Å²) in [7, 11) is 4.64. The van der Waals surface area contributed by atoms with Crippen molar-refractivity contribution in [1.29, 1.82) is 0 Å². The lowest BCUT2D eigenvalue weighted by Crippen LogP contribution is -2.27. The van der Waals surface area contributed by atoms with E-state index in [-0.39, 0.29) is 18.3 Å². The van der Waals surface area contributed by atoms with Gasteiger partial charge in [-0.1, -0.05) is 42.5 Å². The minimum absolute atomic E-state index is 0.101. The van der Waals surface area contributed by atoms with Crippen LogP contribution in [0.15, 0.2) is 78.9 Å². The molecule has 180 valence electrons. The normalized spacial score (nSPS) is 10.6. The molecule has 0 saturated carbocycles. The second kappa shape index (κ2) is 12.2. The number of benzene rings is 3. The predicted molar refractivity (Wildman–Crippen MR) is 133 cm³/mol. The second-order valence-electron chi connectivity index (χ2n) is 7.82. The van der Waals surface area contributed by atoms with Crippen molar-refractivity contribution in [3.63, 3.8) is 0 Å². The highest BCUT2D eigenvalue weighted by Gasteiger charge is 2.09. The van der Waals surface area contributed by atoms with Crippen LogP contribution in [-0.4, -0.2) is 50.4 Å². The molecule has 0 N–H and O–H groups in total. The monoisotopic (exact) mass is 473 g/mol. The molecule has 3 aromatic rings. The van der Waals surface area contributed by atoms with E-state index in [1.54, 1.807) is 68.7 Å². The molecule has 0 atom stereocenters. The fourth-order valence-electron chi connectivity index (χ4n) is 3.04. The maximum atomic E-state index is 12.7. The summed E-state index contributed by atoms with van der Waals surface area (Å²) in [5.41, 5.74) is 2.55. The van der Waals surface area contributed by atoms with Crippen LogP contribution in [-0.2, 0) is 16.1 Å². The zero-order valence-corrected chi connectivity index (χ0v) is 19.9. The van der Waals surface area contributed by atoms with Crippen molar-refractivity contribution in [3.05, 3.63) is 101 Å². The number of esters is 1. The molecule has 0 aliphatic carbocycles. The van der Waals surface area contributed by atoms with Gasteiger partial charge in [0.25, 0.3) is 5.91 Å². The lowest BCUT2D eigenvalue weighted by atomic mass is 10.1. The van der Waals surface area contributed by atoms with Crippen LogP contribution < -0.4 is 9.47 Å². The molecule has 0 aromatic heterocycles. The zero-order valence-electron chi connectivity index (χ0n) is 19.9. The lowest BCUT2D eigenvalue weighted by Gasteiger charge is -2.11. The van der Waals surface area contributed by atoms with Crippen molar-refractivity contribution in [3.8, 4) is 11.5 Å².